The van der Waals surface area contributed by atoms with Crippen LogP contribution in [0.1, 0.15) is 50.4 Å². The molecule has 2 aliphatic rings. The van der Waals surface area contributed by atoms with Crippen LogP contribution in [0.15, 0.2) is 33.5 Å². The molecule has 2 saturated carbocycles. The molecule has 4 rings (SSSR count). The Hall–Kier alpha value is -2.70. The molecule has 27 heavy (non-hydrogen) atoms. The molecule has 2 bridgehead atoms. The van der Waals surface area contributed by atoms with Crippen molar-refractivity contribution in [1.29, 1.82) is 0 Å². The summed E-state index contributed by atoms with van der Waals surface area (Å²) in [6.45, 7) is 6.56. The second-order valence-electron chi connectivity index (χ2n) is 8.43. The molecule has 2 aromatic rings. The van der Waals surface area contributed by atoms with Gasteiger partial charge in [-0.3, -0.25) is 10.1 Å². The number of non-ortho nitro benzene ring substituents is 1. The number of fused-ring (bicyclic) bond motifs is 3. The highest BCUT2D eigenvalue weighted by Gasteiger charge is 2.62. The van der Waals surface area contributed by atoms with E-state index < -0.39 is 16.5 Å². The zero-order chi connectivity index (χ0) is 19.6. The summed E-state index contributed by atoms with van der Waals surface area (Å²) in [6.07, 6.45) is 2.65. The van der Waals surface area contributed by atoms with Crippen molar-refractivity contribution in [2.75, 3.05) is 0 Å². The first-order chi connectivity index (χ1) is 12.6. The van der Waals surface area contributed by atoms with Crippen LogP contribution in [0.4, 0.5) is 5.69 Å². The highest BCUT2D eigenvalue weighted by atomic mass is 16.6. The van der Waals surface area contributed by atoms with Gasteiger partial charge in [-0.25, -0.2) is 9.59 Å². The number of ether oxygens (including phenoxy) is 1. The van der Waals surface area contributed by atoms with Gasteiger partial charge in [-0.2, -0.15) is 0 Å². The molecule has 2 fully saturated rings. The number of nitrogens with zero attached hydrogens (tertiary/aromatic N) is 1. The van der Waals surface area contributed by atoms with E-state index in [1.807, 2.05) is 0 Å². The Balaban J connectivity index is 1.66. The molecule has 1 aromatic carbocycles. The largest absolute Gasteiger partial charge is 0.458 e. The number of benzene rings is 1. The van der Waals surface area contributed by atoms with E-state index in [-0.39, 0.29) is 33.8 Å². The molecule has 3 atom stereocenters. The van der Waals surface area contributed by atoms with Crippen LogP contribution in [0.5, 0.6) is 0 Å². The van der Waals surface area contributed by atoms with Crippen LogP contribution in [0.2, 0.25) is 0 Å². The number of carbonyl (C=O) groups excluding carboxylic acids is 1. The summed E-state index contributed by atoms with van der Waals surface area (Å²) in [4.78, 5) is 35.3. The molecule has 7 nitrogen and oxygen atoms in total. The van der Waals surface area contributed by atoms with Gasteiger partial charge in [0.1, 0.15) is 17.3 Å². The smallest absolute Gasteiger partial charge is 0.351 e. The molecule has 0 saturated heterocycles. The lowest BCUT2D eigenvalue weighted by molar-refractivity contribution is -0.384. The van der Waals surface area contributed by atoms with Gasteiger partial charge in [0.2, 0.25) is 0 Å². The van der Waals surface area contributed by atoms with Gasteiger partial charge in [-0.1, -0.05) is 20.8 Å². The third-order valence-corrected chi connectivity index (χ3v) is 7.11. The Kier molecular flexibility index (Phi) is 3.70. The molecule has 0 aliphatic heterocycles. The third-order valence-electron chi connectivity index (χ3n) is 7.11. The van der Waals surface area contributed by atoms with Gasteiger partial charge in [-0.15, -0.1) is 0 Å². The average Bonchev–Trinajstić information content (AvgIpc) is 2.94. The molecule has 7 heteroatoms. The maximum absolute atomic E-state index is 12.7. The summed E-state index contributed by atoms with van der Waals surface area (Å²) in [7, 11) is 0. The zero-order valence-corrected chi connectivity index (χ0v) is 15.5. The standard InChI is InChI=1S/C20H21NO6/c1-19(2)12-6-7-20(19,3)16(10-12)27-18(23)14-9-11-8-13(21(24)25)4-5-15(11)26-17(14)22/h4-5,8-9,12,16H,6-7,10H2,1-3H3/t12-,16-,20+/m1/s1. The van der Waals surface area contributed by atoms with Crippen LogP contribution < -0.4 is 5.63 Å². The molecule has 1 aromatic heterocycles. The van der Waals surface area contributed by atoms with E-state index >= 15 is 0 Å². The first-order valence-electron chi connectivity index (χ1n) is 9.07. The Labute approximate surface area is 155 Å². The minimum absolute atomic E-state index is 0.0760. The highest BCUT2D eigenvalue weighted by molar-refractivity contribution is 5.93. The summed E-state index contributed by atoms with van der Waals surface area (Å²) >= 11 is 0. The normalized spacial score (nSPS) is 28.4. The van der Waals surface area contributed by atoms with Crippen molar-refractivity contribution < 1.29 is 18.9 Å². The fourth-order valence-corrected chi connectivity index (χ4v) is 4.87. The minimum Gasteiger partial charge on any atom is -0.458 e. The van der Waals surface area contributed by atoms with E-state index in [1.165, 1.54) is 24.3 Å². The number of nitro benzene ring substituents is 1. The van der Waals surface area contributed by atoms with Crippen molar-refractivity contribution in [2.24, 2.45) is 16.7 Å². The van der Waals surface area contributed by atoms with Crippen molar-refractivity contribution in [3.63, 3.8) is 0 Å². The van der Waals surface area contributed by atoms with Gasteiger partial charge >= 0.3 is 11.6 Å². The van der Waals surface area contributed by atoms with Crippen LogP contribution in [-0.4, -0.2) is 17.0 Å². The van der Waals surface area contributed by atoms with E-state index in [4.69, 9.17) is 9.15 Å². The predicted molar refractivity (Wildman–Crippen MR) is 97.6 cm³/mol. The maximum Gasteiger partial charge on any atom is 0.351 e. The molecule has 0 N–H and O–H groups in total. The van der Waals surface area contributed by atoms with Crippen molar-refractivity contribution in [3.8, 4) is 0 Å². The first-order valence-corrected chi connectivity index (χ1v) is 9.07. The van der Waals surface area contributed by atoms with E-state index in [0.717, 1.165) is 19.3 Å². The zero-order valence-electron chi connectivity index (χ0n) is 15.5. The number of hydrogen-bond donors (Lipinski definition) is 0. The summed E-state index contributed by atoms with van der Waals surface area (Å²) in [5.41, 5.74) is -1.02. The monoisotopic (exact) mass is 371 g/mol. The van der Waals surface area contributed by atoms with Crippen LogP contribution >= 0.6 is 0 Å². The molecule has 1 heterocycles. The van der Waals surface area contributed by atoms with E-state index in [1.54, 1.807) is 0 Å². The van der Waals surface area contributed by atoms with Crippen molar-refractivity contribution in [1.82, 2.24) is 0 Å². The predicted octanol–water partition coefficient (Wildman–Crippen LogP) is 4.07. The van der Waals surface area contributed by atoms with Gasteiger partial charge in [0, 0.05) is 22.9 Å². The third kappa shape index (κ3) is 2.48. The Morgan fingerprint density at radius 3 is 2.63 bits per heavy atom. The van der Waals surface area contributed by atoms with Gasteiger partial charge in [0.15, 0.2) is 0 Å². The molecule has 0 unspecified atom stereocenters. The van der Waals surface area contributed by atoms with Gasteiger partial charge in [0.05, 0.1) is 4.92 Å². The average molecular weight is 371 g/mol. The number of carbonyl (C=O) groups is 1. The van der Waals surface area contributed by atoms with Gasteiger partial charge in [0.25, 0.3) is 5.69 Å². The Bertz CT molecular complexity index is 1020. The number of esters is 1. The second-order valence-corrected chi connectivity index (χ2v) is 8.43. The van der Waals surface area contributed by atoms with Crippen LogP contribution in [0.25, 0.3) is 11.0 Å². The molecule has 2 aliphatic carbocycles. The lowest BCUT2D eigenvalue weighted by Crippen LogP contribution is -2.38. The molecular formula is C20H21NO6. The topological polar surface area (TPSA) is 99.7 Å². The first kappa shape index (κ1) is 17.7. The molecule has 0 amide bonds. The van der Waals surface area contributed by atoms with Crippen LogP contribution in [0, 0.1) is 26.9 Å². The van der Waals surface area contributed by atoms with E-state index in [9.17, 15) is 19.7 Å². The van der Waals surface area contributed by atoms with Gasteiger partial charge in [-0.05, 0) is 42.7 Å². The maximum atomic E-state index is 12.7. The van der Waals surface area contributed by atoms with Crippen molar-refractivity contribution in [3.05, 3.63) is 50.4 Å². The number of nitro groups is 1. The summed E-state index contributed by atoms with van der Waals surface area (Å²) in [5.74, 6) is -0.234. The van der Waals surface area contributed by atoms with Gasteiger partial charge < -0.3 is 9.15 Å². The van der Waals surface area contributed by atoms with Crippen molar-refractivity contribution in [2.45, 2.75) is 46.1 Å². The summed E-state index contributed by atoms with van der Waals surface area (Å²) in [6, 6.07) is 5.19. The Morgan fingerprint density at radius 1 is 1.30 bits per heavy atom. The molecule has 0 spiro atoms. The fourth-order valence-electron chi connectivity index (χ4n) is 4.87. The molecular weight excluding hydrogens is 350 g/mol. The summed E-state index contributed by atoms with van der Waals surface area (Å²) in [5, 5.41) is 11.3. The summed E-state index contributed by atoms with van der Waals surface area (Å²) < 4.78 is 10.9. The lowest BCUT2D eigenvalue weighted by atomic mass is 9.70. The molecule has 0 radical (unpaired) electrons. The van der Waals surface area contributed by atoms with Crippen LogP contribution in [0.3, 0.4) is 0 Å². The number of hydrogen-bond acceptors (Lipinski definition) is 6. The highest BCUT2D eigenvalue weighted by Crippen LogP contribution is 2.66. The Morgan fingerprint density at radius 2 is 2.04 bits per heavy atom. The van der Waals surface area contributed by atoms with E-state index in [0.29, 0.717) is 11.3 Å². The van der Waals surface area contributed by atoms with E-state index in [2.05, 4.69) is 20.8 Å². The SMILES string of the molecule is CC1(C)[C@@H]2CC[C@@]1(C)[C@H](OC(=O)c1cc3cc([N+](=O)[O-])ccc3oc1=O)C2. The molecule has 142 valence electrons. The minimum atomic E-state index is -0.797. The quantitative estimate of drug-likeness (QED) is 0.349. The second kappa shape index (κ2) is 5.65. The van der Waals surface area contributed by atoms with Crippen LogP contribution in [-0.2, 0) is 4.74 Å². The number of rotatable bonds is 3. The van der Waals surface area contributed by atoms with Crippen molar-refractivity contribution >= 4 is 22.6 Å². The fraction of sp³-hybridized carbons (Fsp3) is 0.500. The lowest BCUT2D eigenvalue weighted by Gasteiger charge is -2.38.